The summed E-state index contributed by atoms with van der Waals surface area (Å²) in [5.74, 6) is 0.131. The van der Waals surface area contributed by atoms with Crippen LogP contribution in [-0.4, -0.2) is 27.3 Å². The molecule has 1 aliphatic heterocycles. The van der Waals surface area contributed by atoms with Gasteiger partial charge in [-0.25, -0.2) is 0 Å². The van der Waals surface area contributed by atoms with Gasteiger partial charge in [0.15, 0.2) is 0 Å². The van der Waals surface area contributed by atoms with Crippen LogP contribution in [0.5, 0.6) is 0 Å². The molecule has 0 aliphatic carbocycles. The van der Waals surface area contributed by atoms with Gasteiger partial charge in [0.1, 0.15) is 0 Å². The summed E-state index contributed by atoms with van der Waals surface area (Å²) >= 11 is 0. The van der Waals surface area contributed by atoms with Crippen molar-refractivity contribution in [2.24, 2.45) is 0 Å². The number of nitrogens with zero attached hydrogens (tertiary/aromatic N) is 3. The van der Waals surface area contributed by atoms with Gasteiger partial charge < -0.3 is 4.90 Å². The van der Waals surface area contributed by atoms with E-state index in [2.05, 4.69) is 29.2 Å². The van der Waals surface area contributed by atoms with E-state index in [0.29, 0.717) is 6.42 Å². The summed E-state index contributed by atoms with van der Waals surface area (Å²) < 4.78 is 0. The van der Waals surface area contributed by atoms with E-state index in [9.17, 15) is 4.79 Å². The fourth-order valence-corrected chi connectivity index (χ4v) is 3.72. The Labute approximate surface area is 159 Å². The molecular formula is C23H23N3O. The Balaban J connectivity index is 1.50. The van der Waals surface area contributed by atoms with E-state index in [1.165, 1.54) is 5.56 Å². The molecule has 0 bridgehead atoms. The van der Waals surface area contributed by atoms with Gasteiger partial charge >= 0.3 is 0 Å². The van der Waals surface area contributed by atoms with Gasteiger partial charge in [-0.2, -0.15) is 0 Å². The van der Waals surface area contributed by atoms with Crippen molar-refractivity contribution >= 4 is 5.91 Å². The molecule has 1 atom stereocenters. The smallest absolute Gasteiger partial charge is 0.229 e. The molecule has 1 saturated heterocycles. The summed E-state index contributed by atoms with van der Waals surface area (Å²) in [6.07, 6.45) is 4.88. The van der Waals surface area contributed by atoms with Crippen LogP contribution < -0.4 is 0 Å². The maximum atomic E-state index is 12.8. The highest BCUT2D eigenvalue weighted by Gasteiger charge is 2.31. The zero-order chi connectivity index (χ0) is 18.5. The fraction of sp³-hybridized carbons (Fsp3) is 0.261. The number of likely N-dealkylation sites (tertiary alicyclic amines) is 1. The molecule has 1 aromatic carbocycles. The number of carbonyl (C=O) groups is 1. The van der Waals surface area contributed by atoms with Crippen LogP contribution in [0.25, 0.3) is 0 Å². The van der Waals surface area contributed by atoms with E-state index in [1.807, 2.05) is 47.4 Å². The van der Waals surface area contributed by atoms with Crippen LogP contribution in [-0.2, 0) is 17.6 Å². The molecule has 4 nitrogen and oxygen atoms in total. The monoisotopic (exact) mass is 357 g/mol. The summed E-state index contributed by atoms with van der Waals surface area (Å²) in [5.41, 5.74) is 4.11. The van der Waals surface area contributed by atoms with Gasteiger partial charge in [-0.1, -0.05) is 42.5 Å². The second-order valence-corrected chi connectivity index (χ2v) is 6.96. The van der Waals surface area contributed by atoms with E-state index >= 15 is 0 Å². The van der Waals surface area contributed by atoms with Crippen molar-refractivity contribution in [2.75, 3.05) is 6.54 Å². The van der Waals surface area contributed by atoms with E-state index in [4.69, 9.17) is 4.98 Å². The second kappa shape index (κ2) is 8.12. The lowest BCUT2D eigenvalue weighted by Crippen LogP contribution is -2.32. The van der Waals surface area contributed by atoms with Crippen LogP contribution in [0, 0.1) is 0 Å². The molecule has 1 amide bonds. The Hall–Kier alpha value is -3.01. The van der Waals surface area contributed by atoms with Crippen LogP contribution in [0.15, 0.2) is 72.9 Å². The summed E-state index contributed by atoms with van der Waals surface area (Å²) in [4.78, 5) is 24.0. The number of hydrogen-bond acceptors (Lipinski definition) is 3. The van der Waals surface area contributed by atoms with E-state index in [1.54, 1.807) is 6.20 Å². The molecule has 0 N–H and O–H groups in total. The molecule has 4 rings (SSSR count). The number of amides is 1. The summed E-state index contributed by atoms with van der Waals surface area (Å²) in [6.45, 7) is 0.793. The van der Waals surface area contributed by atoms with Gasteiger partial charge in [-0.3, -0.25) is 14.8 Å². The Bertz CT molecular complexity index is 896. The van der Waals surface area contributed by atoms with Crippen LogP contribution >= 0.6 is 0 Å². The van der Waals surface area contributed by atoms with Gasteiger partial charge in [-0.15, -0.1) is 0 Å². The first-order valence-corrected chi connectivity index (χ1v) is 9.49. The third-order valence-electron chi connectivity index (χ3n) is 5.03. The molecule has 1 fully saturated rings. The Morgan fingerprint density at radius 3 is 2.59 bits per heavy atom. The molecule has 3 heterocycles. The maximum absolute atomic E-state index is 12.8. The van der Waals surface area contributed by atoms with E-state index in [-0.39, 0.29) is 11.9 Å². The first-order chi connectivity index (χ1) is 13.3. The Morgan fingerprint density at radius 1 is 0.963 bits per heavy atom. The lowest BCUT2D eigenvalue weighted by Gasteiger charge is -2.24. The standard InChI is InChI=1S/C23H23N3O/c27-23(17-19-10-4-5-14-24-19)26-15-7-13-22(26)21-12-6-11-20(25-21)16-18-8-2-1-3-9-18/h1-6,8-12,14,22H,7,13,15-17H2. The van der Waals surface area contributed by atoms with Crippen molar-refractivity contribution in [3.63, 3.8) is 0 Å². The zero-order valence-electron chi connectivity index (χ0n) is 15.3. The van der Waals surface area contributed by atoms with Gasteiger partial charge in [-0.05, 0) is 42.7 Å². The number of pyridine rings is 2. The first-order valence-electron chi connectivity index (χ1n) is 9.49. The minimum atomic E-state index is 0.0666. The minimum absolute atomic E-state index is 0.0666. The predicted molar refractivity (Wildman–Crippen MR) is 105 cm³/mol. The number of rotatable bonds is 5. The Morgan fingerprint density at radius 2 is 1.78 bits per heavy atom. The van der Waals surface area contributed by atoms with Crippen LogP contribution in [0.1, 0.15) is 41.5 Å². The van der Waals surface area contributed by atoms with Gasteiger partial charge in [0.05, 0.1) is 18.2 Å². The number of hydrogen-bond donors (Lipinski definition) is 0. The number of carbonyl (C=O) groups excluding carboxylic acids is 1. The molecule has 1 aliphatic rings. The SMILES string of the molecule is O=C(Cc1ccccn1)N1CCCC1c1cccc(Cc2ccccc2)n1. The van der Waals surface area contributed by atoms with Crippen molar-refractivity contribution in [2.45, 2.75) is 31.7 Å². The summed E-state index contributed by atoms with van der Waals surface area (Å²) in [7, 11) is 0. The first kappa shape index (κ1) is 17.4. The molecule has 136 valence electrons. The topological polar surface area (TPSA) is 46.1 Å². The van der Waals surface area contributed by atoms with E-state index < -0.39 is 0 Å². The van der Waals surface area contributed by atoms with Crippen molar-refractivity contribution in [3.8, 4) is 0 Å². The molecule has 0 radical (unpaired) electrons. The molecule has 0 spiro atoms. The van der Waals surface area contributed by atoms with Crippen molar-refractivity contribution < 1.29 is 4.79 Å². The Kier molecular flexibility index (Phi) is 5.24. The predicted octanol–water partition coefficient (Wildman–Crippen LogP) is 3.97. The van der Waals surface area contributed by atoms with Crippen molar-refractivity contribution in [1.82, 2.24) is 14.9 Å². The average Bonchev–Trinajstić information content (AvgIpc) is 3.20. The lowest BCUT2D eigenvalue weighted by molar-refractivity contribution is -0.131. The average molecular weight is 357 g/mol. The van der Waals surface area contributed by atoms with Crippen molar-refractivity contribution in [3.05, 3.63) is 95.6 Å². The number of benzene rings is 1. The van der Waals surface area contributed by atoms with Gasteiger partial charge in [0.25, 0.3) is 0 Å². The third kappa shape index (κ3) is 4.22. The molecular weight excluding hydrogens is 334 g/mol. The number of aromatic nitrogens is 2. The molecule has 27 heavy (non-hydrogen) atoms. The highest BCUT2D eigenvalue weighted by Crippen LogP contribution is 2.31. The molecule has 3 aromatic rings. The zero-order valence-corrected chi connectivity index (χ0v) is 15.3. The molecule has 4 heteroatoms. The lowest BCUT2D eigenvalue weighted by atomic mass is 10.1. The largest absolute Gasteiger partial charge is 0.334 e. The second-order valence-electron chi connectivity index (χ2n) is 6.96. The molecule has 2 aromatic heterocycles. The minimum Gasteiger partial charge on any atom is -0.334 e. The summed E-state index contributed by atoms with van der Waals surface area (Å²) in [6, 6.07) is 22.3. The quantitative estimate of drug-likeness (QED) is 0.694. The van der Waals surface area contributed by atoms with Crippen LogP contribution in [0.4, 0.5) is 0 Å². The molecule has 0 saturated carbocycles. The normalized spacial score (nSPS) is 16.4. The van der Waals surface area contributed by atoms with Gasteiger partial charge in [0.2, 0.25) is 5.91 Å². The van der Waals surface area contributed by atoms with Crippen LogP contribution in [0.3, 0.4) is 0 Å². The maximum Gasteiger partial charge on any atom is 0.229 e. The highest BCUT2D eigenvalue weighted by molar-refractivity contribution is 5.79. The van der Waals surface area contributed by atoms with Crippen molar-refractivity contribution in [1.29, 1.82) is 0 Å². The van der Waals surface area contributed by atoms with E-state index in [0.717, 1.165) is 42.9 Å². The van der Waals surface area contributed by atoms with Gasteiger partial charge in [0, 0.05) is 30.6 Å². The third-order valence-corrected chi connectivity index (χ3v) is 5.03. The fourth-order valence-electron chi connectivity index (χ4n) is 3.72. The van der Waals surface area contributed by atoms with Crippen LogP contribution in [0.2, 0.25) is 0 Å². The summed E-state index contributed by atoms with van der Waals surface area (Å²) in [5, 5.41) is 0. The molecule has 1 unspecified atom stereocenters. The highest BCUT2D eigenvalue weighted by atomic mass is 16.2.